The van der Waals surface area contributed by atoms with Crippen molar-refractivity contribution >= 4 is 11.9 Å². The molecule has 0 unspecified atom stereocenters. The first-order valence-corrected chi connectivity index (χ1v) is 7.95. The number of pyridine rings is 1. The predicted molar refractivity (Wildman–Crippen MR) is 86.8 cm³/mol. The van der Waals surface area contributed by atoms with E-state index in [2.05, 4.69) is 10.3 Å². The predicted octanol–water partition coefficient (Wildman–Crippen LogP) is -0.306. The lowest BCUT2D eigenvalue weighted by atomic mass is 9.91. The second-order valence-electron chi connectivity index (χ2n) is 6.25. The lowest BCUT2D eigenvalue weighted by molar-refractivity contribution is -0.138. The van der Waals surface area contributed by atoms with Crippen molar-refractivity contribution in [3.8, 4) is 0 Å². The minimum Gasteiger partial charge on any atom is -0.481 e. The third-order valence-electron chi connectivity index (χ3n) is 4.44. The normalized spacial score (nSPS) is 20.0. The summed E-state index contributed by atoms with van der Waals surface area (Å²) >= 11 is 0. The van der Waals surface area contributed by atoms with Crippen molar-refractivity contribution in [2.75, 3.05) is 13.1 Å². The number of aliphatic carboxylic acids is 1. The Labute approximate surface area is 143 Å². The van der Waals surface area contributed by atoms with E-state index in [1.54, 1.807) is 41.2 Å². The number of carbonyl (C=O) groups is 2. The van der Waals surface area contributed by atoms with E-state index in [-0.39, 0.29) is 36.3 Å². The Hall–Kier alpha value is -2.97. The first-order chi connectivity index (χ1) is 11.9. The highest BCUT2D eigenvalue weighted by Crippen LogP contribution is 2.33. The Bertz CT molecular complexity index is 843. The molecule has 0 radical (unpaired) electrons. The summed E-state index contributed by atoms with van der Waals surface area (Å²) < 4.78 is 2.89. The standard InChI is InChI=1S/C16H19N5O4/c1-19-9-13(17-18-19)12-8-21(7-11(12)6-16(24)25)15(23)10-20-5-3-2-4-14(20)22/h2-5,9,11-12H,6-8,10H2,1H3,(H,24,25)/t11-,12+/m0/s1. The molecule has 0 aromatic carbocycles. The topological polar surface area (TPSA) is 110 Å². The van der Waals surface area contributed by atoms with Crippen LogP contribution in [0.5, 0.6) is 0 Å². The monoisotopic (exact) mass is 345 g/mol. The average Bonchev–Trinajstić information content (AvgIpc) is 3.15. The van der Waals surface area contributed by atoms with Crippen LogP contribution in [0.15, 0.2) is 35.4 Å². The van der Waals surface area contributed by atoms with Crippen LogP contribution < -0.4 is 5.56 Å². The van der Waals surface area contributed by atoms with Crippen LogP contribution in [0.25, 0.3) is 0 Å². The van der Waals surface area contributed by atoms with Gasteiger partial charge in [0.2, 0.25) is 5.91 Å². The second-order valence-corrected chi connectivity index (χ2v) is 6.25. The van der Waals surface area contributed by atoms with E-state index in [1.807, 2.05) is 0 Å². The van der Waals surface area contributed by atoms with Crippen molar-refractivity contribution in [3.05, 3.63) is 46.6 Å². The number of carbonyl (C=O) groups excluding carboxylic acids is 1. The van der Waals surface area contributed by atoms with Gasteiger partial charge in [0.05, 0.1) is 12.1 Å². The third kappa shape index (κ3) is 3.76. The fourth-order valence-corrected chi connectivity index (χ4v) is 3.21. The van der Waals surface area contributed by atoms with Crippen LogP contribution in [-0.4, -0.2) is 54.5 Å². The van der Waals surface area contributed by atoms with Gasteiger partial charge < -0.3 is 14.6 Å². The molecule has 9 nitrogen and oxygen atoms in total. The van der Waals surface area contributed by atoms with Crippen molar-refractivity contribution in [2.24, 2.45) is 13.0 Å². The van der Waals surface area contributed by atoms with E-state index in [4.69, 9.17) is 5.11 Å². The van der Waals surface area contributed by atoms with Gasteiger partial charge in [-0.15, -0.1) is 5.10 Å². The van der Waals surface area contributed by atoms with Crippen LogP contribution in [0.2, 0.25) is 0 Å². The second kappa shape index (κ2) is 6.88. The van der Waals surface area contributed by atoms with Gasteiger partial charge in [-0.1, -0.05) is 11.3 Å². The zero-order valence-corrected chi connectivity index (χ0v) is 13.8. The molecule has 1 aliphatic heterocycles. The summed E-state index contributed by atoms with van der Waals surface area (Å²) in [6, 6.07) is 4.70. The minimum atomic E-state index is -0.910. The van der Waals surface area contributed by atoms with Gasteiger partial charge in [-0.25, -0.2) is 0 Å². The number of carboxylic acid groups (broad SMARTS) is 1. The first-order valence-electron chi connectivity index (χ1n) is 7.95. The van der Waals surface area contributed by atoms with Crippen LogP contribution in [0.1, 0.15) is 18.0 Å². The van der Waals surface area contributed by atoms with Crippen molar-refractivity contribution in [1.82, 2.24) is 24.5 Å². The molecule has 2 aromatic heterocycles. The van der Waals surface area contributed by atoms with Gasteiger partial charge in [0, 0.05) is 44.5 Å². The number of aryl methyl sites for hydroxylation is 1. The molecule has 1 saturated heterocycles. The molecule has 0 bridgehead atoms. The fourth-order valence-electron chi connectivity index (χ4n) is 3.21. The van der Waals surface area contributed by atoms with Crippen LogP contribution in [0.4, 0.5) is 0 Å². The average molecular weight is 345 g/mol. The third-order valence-corrected chi connectivity index (χ3v) is 4.44. The quantitative estimate of drug-likeness (QED) is 0.796. The molecule has 1 amide bonds. The summed E-state index contributed by atoms with van der Waals surface area (Å²) in [4.78, 5) is 37.1. The molecule has 3 rings (SSSR count). The highest BCUT2D eigenvalue weighted by atomic mass is 16.4. The minimum absolute atomic E-state index is 0.0453. The summed E-state index contributed by atoms with van der Waals surface area (Å²) in [5, 5.41) is 17.1. The molecule has 0 spiro atoms. The van der Waals surface area contributed by atoms with E-state index in [1.165, 1.54) is 10.6 Å². The Kier molecular flexibility index (Phi) is 4.64. The van der Waals surface area contributed by atoms with Gasteiger partial charge in [-0.2, -0.15) is 0 Å². The molecule has 2 aromatic rings. The van der Waals surface area contributed by atoms with Gasteiger partial charge in [0.1, 0.15) is 6.54 Å². The molecule has 25 heavy (non-hydrogen) atoms. The number of hydrogen-bond acceptors (Lipinski definition) is 5. The smallest absolute Gasteiger partial charge is 0.303 e. The van der Waals surface area contributed by atoms with Crippen LogP contribution in [0.3, 0.4) is 0 Å². The van der Waals surface area contributed by atoms with E-state index >= 15 is 0 Å². The summed E-state index contributed by atoms with van der Waals surface area (Å²) in [5.74, 6) is -1.53. The van der Waals surface area contributed by atoms with Gasteiger partial charge in [-0.3, -0.25) is 19.1 Å². The Morgan fingerprint density at radius 2 is 2.12 bits per heavy atom. The van der Waals surface area contributed by atoms with Gasteiger partial charge >= 0.3 is 5.97 Å². The van der Waals surface area contributed by atoms with Gasteiger partial charge in [0.15, 0.2) is 0 Å². The molecule has 9 heteroatoms. The first kappa shape index (κ1) is 16.9. The van der Waals surface area contributed by atoms with Crippen LogP contribution >= 0.6 is 0 Å². The number of hydrogen-bond donors (Lipinski definition) is 1. The zero-order chi connectivity index (χ0) is 18.0. The zero-order valence-electron chi connectivity index (χ0n) is 13.8. The Morgan fingerprint density at radius 1 is 1.32 bits per heavy atom. The molecule has 2 atom stereocenters. The van der Waals surface area contributed by atoms with E-state index < -0.39 is 5.97 Å². The highest BCUT2D eigenvalue weighted by Gasteiger charge is 2.38. The Balaban J connectivity index is 1.76. The van der Waals surface area contributed by atoms with Gasteiger partial charge in [0.25, 0.3) is 5.56 Å². The molecule has 0 aliphatic carbocycles. The lowest BCUT2D eigenvalue weighted by Gasteiger charge is -2.16. The number of nitrogens with zero attached hydrogens (tertiary/aromatic N) is 5. The summed E-state index contributed by atoms with van der Waals surface area (Å²) in [6.45, 7) is 0.637. The SMILES string of the molecule is Cn1cc([C@@H]2CN(C(=O)Cn3ccccc3=O)C[C@@H]2CC(=O)O)nn1. The summed E-state index contributed by atoms with van der Waals surface area (Å²) in [5.41, 5.74) is 0.434. The van der Waals surface area contributed by atoms with Crippen molar-refractivity contribution in [1.29, 1.82) is 0 Å². The number of likely N-dealkylation sites (tertiary alicyclic amines) is 1. The van der Waals surface area contributed by atoms with E-state index in [9.17, 15) is 14.4 Å². The summed E-state index contributed by atoms with van der Waals surface area (Å²) in [7, 11) is 1.74. The molecular formula is C16H19N5O4. The molecular weight excluding hydrogens is 326 g/mol. The Morgan fingerprint density at radius 3 is 2.76 bits per heavy atom. The van der Waals surface area contributed by atoms with Crippen LogP contribution in [0, 0.1) is 5.92 Å². The maximum atomic E-state index is 12.6. The molecule has 1 aliphatic rings. The molecule has 0 saturated carbocycles. The number of carboxylic acids is 1. The highest BCUT2D eigenvalue weighted by molar-refractivity contribution is 5.77. The lowest BCUT2D eigenvalue weighted by Crippen LogP contribution is -2.35. The number of amides is 1. The molecule has 1 N–H and O–H groups in total. The molecule has 3 heterocycles. The number of aromatic nitrogens is 4. The summed E-state index contributed by atoms with van der Waals surface area (Å²) in [6.07, 6.45) is 3.26. The van der Waals surface area contributed by atoms with E-state index in [0.717, 1.165) is 0 Å². The largest absolute Gasteiger partial charge is 0.481 e. The van der Waals surface area contributed by atoms with Crippen LogP contribution in [-0.2, 0) is 23.2 Å². The van der Waals surface area contributed by atoms with Crippen molar-refractivity contribution < 1.29 is 14.7 Å². The van der Waals surface area contributed by atoms with Crippen molar-refractivity contribution in [3.63, 3.8) is 0 Å². The maximum absolute atomic E-state index is 12.6. The fraction of sp³-hybridized carbons (Fsp3) is 0.438. The number of rotatable bonds is 5. The van der Waals surface area contributed by atoms with Gasteiger partial charge in [-0.05, 0) is 12.0 Å². The van der Waals surface area contributed by atoms with Crippen molar-refractivity contribution in [2.45, 2.75) is 18.9 Å². The van der Waals surface area contributed by atoms with E-state index in [0.29, 0.717) is 18.8 Å². The molecule has 1 fully saturated rings. The molecule has 132 valence electrons. The maximum Gasteiger partial charge on any atom is 0.303 e.